The van der Waals surface area contributed by atoms with Crippen LogP contribution in [0.1, 0.15) is 0 Å². The van der Waals surface area contributed by atoms with E-state index in [1.165, 1.54) is 11.9 Å². The van der Waals surface area contributed by atoms with Gasteiger partial charge in [0.1, 0.15) is 9.84 Å². The first-order valence-corrected chi connectivity index (χ1v) is 7.08. The zero-order valence-electron chi connectivity index (χ0n) is 8.76. The number of hydrogen-bond acceptors (Lipinski definition) is 3. The van der Waals surface area contributed by atoms with Crippen molar-refractivity contribution in [1.29, 1.82) is 0 Å². The minimum Gasteiger partial charge on any atom is -0.371 e. The highest BCUT2D eigenvalue weighted by Gasteiger charge is 2.29. The van der Waals surface area contributed by atoms with Crippen LogP contribution in [-0.4, -0.2) is 33.5 Å². The molecule has 1 aliphatic rings. The molecule has 1 fully saturated rings. The highest BCUT2D eigenvalue weighted by atomic mass is 32.2. The Morgan fingerprint density at radius 2 is 1.87 bits per heavy atom. The van der Waals surface area contributed by atoms with E-state index in [1.807, 2.05) is 18.2 Å². The van der Waals surface area contributed by atoms with Crippen LogP contribution in [0.2, 0.25) is 0 Å². The molecule has 1 aliphatic heterocycles. The van der Waals surface area contributed by atoms with Crippen molar-refractivity contribution in [3.8, 4) is 0 Å². The van der Waals surface area contributed by atoms with Gasteiger partial charge in [0.15, 0.2) is 0 Å². The zero-order chi connectivity index (χ0) is 10.9. The van der Waals surface area contributed by atoms with Crippen molar-refractivity contribution >= 4 is 15.5 Å². The van der Waals surface area contributed by atoms with E-state index in [-0.39, 0.29) is 0 Å². The predicted molar refractivity (Wildman–Crippen MR) is 61.9 cm³/mol. The zero-order valence-corrected chi connectivity index (χ0v) is 9.57. The van der Waals surface area contributed by atoms with Crippen LogP contribution in [0.15, 0.2) is 30.3 Å². The second kappa shape index (κ2) is 3.85. The molecule has 1 heterocycles. The minimum atomic E-state index is -2.82. The maximum atomic E-state index is 11.1. The number of hydrogen-bond donors (Lipinski definition) is 0. The van der Waals surface area contributed by atoms with Crippen molar-refractivity contribution in [2.45, 2.75) is 0 Å². The van der Waals surface area contributed by atoms with Crippen LogP contribution in [0.5, 0.6) is 0 Å². The topological polar surface area (TPSA) is 37.4 Å². The van der Waals surface area contributed by atoms with Crippen LogP contribution in [-0.2, 0) is 9.84 Å². The molecule has 0 aromatic heterocycles. The molecule has 0 atom stereocenters. The molecule has 0 bridgehead atoms. The number of sulfone groups is 1. The van der Waals surface area contributed by atoms with Gasteiger partial charge >= 0.3 is 0 Å². The van der Waals surface area contributed by atoms with Crippen molar-refractivity contribution in [2.24, 2.45) is 5.92 Å². The molecular weight excluding hydrogens is 210 g/mol. The molecule has 82 valence electrons. The monoisotopic (exact) mass is 225 g/mol. The fourth-order valence-electron chi connectivity index (χ4n) is 1.95. The average molecular weight is 225 g/mol. The summed E-state index contributed by atoms with van der Waals surface area (Å²) in [6, 6.07) is 10.1. The first-order valence-electron chi connectivity index (χ1n) is 5.02. The summed E-state index contributed by atoms with van der Waals surface area (Å²) in [6.45, 7) is 1.72. The maximum Gasteiger partial charge on any atom is 0.147 e. The van der Waals surface area contributed by atoms with Gasteiger partial charge < -0.3 is 4.90 Å². The Balaban J connectivity index is 1.89. The van der Waals surface area contributed by atoms with Crippen molar-refractivity contribution < 1.29 is 8.42 Å². The van der Waals surface area contributed by atoms with Gasteiger partial charge in [0, 0.05) is 31.0 Å². The fraction of sp³-hybridized carbons (Fsp3) is 0.455. The summed E-state index contributed by atoms with van der Waals surface area (Å²) in [5, 5.41) is 0. The highest BCUT2D eigenvalue weighted by Crippen LogP contribution is 2.24. The molecule has 1 aromatic carbocycles. The fourth-order valence-corrected chi connectivity index (χ4v) is 3.02. The second-order valence-electron chi connectivity index (χ2n) is 4.20. The second-order valence-corrected chi connectivity index (χ2v) is 6.38. The molecule has 0 amide bonds. The summed E-state index contributed by atoms with van der Waals surface area (Å²) in [5.74, 6) is 0.622. The highest BCUT2D eigenvalue weighted by molar-refractivity contribution is 7.90. The van der Waals surface area contributed by atoms with Gasteiger partial charge in [0.05, 0.1) is 5.75 Å². The third-order valence-electron chi connectivity index (χ3n) is 2.62. The van der Waals surface area contributed by atoms with Crippen molar-refractivity contribution in [2.75, 3.05) is 30.0 Å². The van der Waals surface area contributed by atoms with Gasteiger partial charge in [-0.1, -0.05) is 18.2 Å². The lowest BCUT2D eigenvalue weighted by molar-refractivity contribution is 0.444. The van der Waals surface area contributed by atoms with E-state index in [0.717, 1.165) is 13.1 Å². The molecule has 1 saturated heterocycles. The van der Waals surface area contributed by atoms with Gasteiger partial charge in [-0.05, 0) is 12.1 Å². The van der Waals surface area contributed by atoms with Gasteiger partial charge in [-0.3, -0.25) is 0 Å². The Hall–Kier alpha value is -1.03. The van der Waals surface area contributed by atoms with E-state index in [0.29, 0.717) is 11.7 Å². The first-order chi connectivity index (χ1) is 7.04. The summed E-state index contributed by atoms with van der Waals surface area (Å²) in [4.78, 5) is 2.20. The van der Waals surface area contributed by atoms with Gasteiger partial charge in [0.25, 0.3) is 0 Å². The smallest absolute Gasteiger partial charge is 0.147 e. The molecule has 0 aliphatic carbocycles. The Kier molecular flexibility index (Phi) is 2.69. The van der Waals surface area contributed by atoms with Gasteiger partial charge in [-0.25, -0.2) is 8.42 Å². The third-order valence-corrected chi connectivity index (χ3v) is 3.69. The standard InChI is InChI=1S/C11H15NO2S/c1-15(13,14)9-10-7-12(8-10)11-5-3-2-4-6-11/h2-6,10H,7-9H2,1H3. The molecular formula is C11H15NO2S. The molecule has 0 N–H and O–H groups in total. The molecule has 0 spiro atoms. The SMILES string of the molecule is CS(=O)(=O)CC1CN(c2ccccc2)C1. The van der Waals surface area contributed by atoms with Gasteiger partial charge in [-0.15, -0.1) is 0 Å². The molecule has 15 heavy (non-hydrogen) atoms. The summed E-state index contributed by atoms with van der Waals surface area (Å²) >= 11 is 0. The molecule has 4 heteroatoms. The normalized spacial score (nSPS) is 17.5. The lowest BCUT2D eigenvalue weighted by Gasteiger charge is -2.40. The maximum absolute atomic E-state index is 11.1. The minimum absolute atomic E-state index is 0.306. The molecule has 0 saturated carbocycles. The Morgan fingerprint density at radius 3 is 2.40 bits per heavy atom. The molecule has 2 rings (SSSR count). The van der Waals surface area contributed by atoms with Crippen molar-refractivity contribution in [1.82, 2.24) is 0 Å². The lowest BCUT2D eigenvalue weighted by atomic mass is 10.0. The van der Waals surface area contributed by atoms with Crippen LogP contribution < -0.4 is 4.90 Å². The van der Waals surface area contributed by atoms with Crippen LogP contribution >= 0.6 is 0 Å². The number of benzene rings is 1. The lowest BCUT2D eigenvalue weighted by Crippen LogP contribution is -2.49. The summed E-state index contributed by atoms with van der Waals surface area (Å²) in [5.41, 5.74) is 1.18. The Labute approximate surface area is 90.6 Å². The van der Waals surface area contributed by atoms with Gasteiger partial charge in [0.2, 0.25) is 0 Å². The van der Waals surface area contributed by atoms with Crippen LogP contribution in [0, 0.1) is 5.92 Å². The predicted octanol–water partition coefficient (Wildman–Crippen LogP) is 1.17. The van der Waals surface area contributed by atoms with Gasteiger partial charge in [-0.2, -0.15) is 0 Å². The summed E-state index contributed by atoms with van der Waals surface area (Å²) in [7, 11) is -2.82. The number of rotatable bonds is 3. The third kappa shape index (κ3) is 2.72. The van der Waals surface area contributed by atoms with E-state index in [4.69, 9.17) is 0 Å². The molecule has 0 unspecified atom stereocenters. The van der Waals surface area contributed by atoms with E-state index in [9.17, 15) is 8.42 Å². The average Bonchev–Trinajstić information content (AvgIpc) is 2.11. The van der Waals surface area contributed by atoms with Crippen LogP contribution in [0.4, 0.5) is 5.69 Å². The van der Waals surface area contributed by atoms with E-state index in [1.54, 1.807) is 0 Å². The molecule has 1 aromatic rings. The Morgan fingerprint density at radius 1 is 1.27 bits per heavy atom. The van der Waals surface area contributed by atoms with Crippen molar-refractivity contribution in [3.05, 3.63) is 30.3 Å². The summed E-state index contributed by atoms with van der Waals surface area (Å²) in [6.07, 6.45) is 1.30. The van der Waals surface area contributed by atoms with E-state index >= 15 is 0 Å². The quantitative estimate of drug-likeness (QED) is 0.775. The van der Waals surface area contributed by atoms with E-state index in [2.05, 4.69) is 17.0 Å². The van der Waals surface area contributed by atoms with Crippen LogP contribution in [0.25, 0.3) is 0 Å². The van der Waals surface area contributed by atoms with Crippen LogP contribution in [0.3, 0.4) is 0 Å². The first kappa shape index (κ1) is 10.5. The number of anilines is 1. The number of para-hydroxylation sites is 1. The van der Waals surface area contributed by atoms with Crippen molar-refractivity contribution in [3.63, 3.8) is 0 Å². The van der Waals surface area contributed by atoms with E-state index < -0.39 is 9.84 Å². The number of nitrogens with zero attached hydrogens (tertiary/aromatic N) is 1. The molecule has 3 nitrogen and oxygen atoms in total. The molecule has 0 radical (unpaired) electrons. The largest absolute Gasteiger partial charge is 0.371 e. The summed E-state index contributed by atoms with van der Waals surface area (Å²) < 4.78 is 22.1. The Bertz CT molecular complexity index is 421.